The van der Waals surface area contributed by atoms with E-state index in [0.29, 0.717) is 5.92 Å². The Morgan fingerprint density at radius 2 is 0.865 bits per heavy atom. The highest BCUT2D eigenvalue weighted by molar-refractivity contribution is 6.11. The van der Waals surface area contributed by atoms with Gasteiger partial charge in [0.05, 0.1) is 27.6 Å². The molecule has 15 rings (SSSR count). The summed E-state index contributed by atoms with van der Waals surface area (Å²) >= 11 is 0. The molecule has 0 saturated heterocycles. The summed E-state index contributed by atoms with van der Waals surface area (Å²) in [6.07, 6.45) is 1.98. The molecule has 0 aliphatic heterocycles. The lowest BCUT2D eigenvalue weighted by molar-refractivity contribution is 0.631. The largest absolute Gasteiger partial charge is 0.309 e. The van der Waals surface area contributed by atoms with Gasteiger partial charge in [0.25, 0.3) is 0 Å². The van der Waals surface area contributed by atoms with E-state index in [2.05, 4.69) is 273 Å². The third kappa shape index (κ3) is 5.70. The zero-order valence-electron chi connectivity index (χ0n) is 41.7. The van der Waals surface area contributed by atoms with Crippen molar-refractivity contribution in [2.45, 2.75) is 43.4 Å². The van der Waals surface area contributed by atoms with Crippen molar-refractivity contribution >= 4 is 21.8 Å². The average molecular weight is 944 g/mol. The molecule has 0 N–H and O–H groups in total. The first kappa shape index (κ1) is 42.9. The summed E-state index contributed by atoms with van der Waals surface area (Å²) in [5.74, 6) is 0.330. The number of nitrogens with zero attached hydrogens (tertiary/aromatic N) is 1. The maximum absolute atomic E-state index is 2.55. The zero-order valence-corrected chi connectivity index (χ0v) is 41.7. The highest BCUT2D eigenvalue weighted by atomic mass is 15.0. The normalized spacial score (nSPS) is 16.9. The predicted molar refractivity (Wildman–Crippen MR) is 308 cm³/mol. The smallest absolute Gasteiger partial charge is 0.0720 e. The van der Waals surface area contributed by atoms with Crippen molar-refractivity contribution in [3.05, 3.63) is 316 Å². The fraction of sp³-hybridized carbons (Fsp3) is 0.0959. The standard InChI is InChI=1S/C73H53N/c1-3-48(53-28-9-10-29-54(53)52-27-8-7-23-47(52)2)45-51-26-21-39-65-70(51)56-31-11-14-33-59(56)72(65)61-35-16-18-37-63(61)73(64-38-19-17-36-62(64)72)60-34-15-12-32-57(60)71-66(73)40-22-42-69(71)74-67-41-20-13-30-55(67)58-46-50(43-44-68(58)74)49-24-5-4-6-25-49/h4-44,46,48H,3,45H2,1-2H3. The molecule has 0 amide bonds. The van der Waals surface area contributed by atoms with Gasteiger partial charge >= 0.3 is 0 Å². The van der Waals surface area contributed by atoms with E-state index < -0.39 is 10.8 Å². The van der Waals surface area contributed by atoms with Gasteiger partial charge in [-0.1, -0.05) is 237 Å². The van der Waals surface area contributed by atoms with Crippen LogP contribution in [0.25, 0.3) is 72.0 Å². The van der Waals surface area contributed by atoms with Crippen LogP contribution in [0.15, 0.2) is 255 Å². The molecule has 2 spiro atoms. The maximum Gasteiger partial charge on any atom is 0.0720 e. The second-order valence-corrected chi connectivity index (χ2v) is 20.9. The first-order chi connectivity index (χ1) is 36.6. The first-order valence-electron chi connectivity index (χ1n) is 26.5. The Morgan fingerprint density at radius 1 is 0.365 bits per heavy atom. The average Bonchev–Trinajstić information content (AvgIpc) is 4.27. The van der Waals surface area contributed by atoms with Crippen molar-refractivity contribution in [3.63, 3.8) is 0 Å². The van der Waals surface area contributed by atoms with Crippen LogP contribution in [-0.2, 0) is 17.3 Å². The molecular formula is C73H53N. The number of fused-ring (bicyclic) bond motifs is 19. The molecule has 1 heterocycles. The number of aromatic nitrogens is 1. The van der Waals surface area contributed by atoms with Gasteiger partial charge in [0, 0.05) is 16.3 Å². The highest BCUT2D eigenvalue weighted by Crippen LogP contribution is 2.68. The van der Waals surface area contributed by atoms with E-state index in [1.165, 1.54) is 133 Å². The SMILES string of the molecule is CCC(Cc1cccc2c1-c1ccccc1C21c2ccccc2C2(c3ccccc3-c3c(-n4c5ccccc5c5cc(-c6ccccc6)ccc54)cccc32)c2ccccc21)c1ccccc1-c1ccccc1C. The molecule has 0 saturated carbocycles. The van der Waals surface area contributed by atoms with Crippen molar-refractivity contribution < 1.29 is 0 Å². The summed E-state index contributed by atoms with van der Waals surface area (Å²) in [5.41, 5.74) is 27.9. The summed E-state index contributed by atoms with van der Waals surface area (Å²) in [6.45, 7) is 4.61. The number of rotatable bonds is 7. The molecule has 1 atom stereocenters. The van der Waals surface area contributed by atoms with Crippen LogP contribution in [0.2, 0.25) is 0 Å². The van der Waals surface area contributed by atoms with E-state index in [4.69, 9.17) is 0 Å². The molecular weight excluding hydrogens is 891 g/mol. The molecule has 12 aromatic rings. The molecule has 11 aromatic carbocycles. The molecule has 1 aromatic heterocycles. The summed E-state index contributed by atoms with van der Waals surface area (Å²) in [5, 5.41) is 2.52. The lowest BCUT2D eigenvalue weighted by Gasteiger charge is -2.48. The predicted octanol–water partition coefficient (Wildman–Crippen LogP) is 18.2. The van der Waals surface area contributed by atoms with Crippen LogP contribution in [0.5, 0.6) is 0 Å². The van der Waals surface area contributed by atoms with Gasteiger partial charge in [-0.25, -0.2) is 0 Å². The van der Waals surface area contributed by atoms with Crippen LogP contribution < -0.4 is 0 Å². The van der Waals surface area contributed by atoms with E-state index in [-0.39, 0.29) is 0 Å². The minimum Gasteiger partial charge on any atom is -0.309 e. The lowest BCUT2D eigenvalue weighted by Crippen LogP contribution is -2.43. The fourth-order valence-electron chi connectivity index (χ4n) is 14.6. The molecule has 1 unspecified atom stereocenters. The zero-order chi connectivity index (χ0) is 49.1. The number of hydrogen-bond acceptors (Lipinski definition) is 0. The Kier molecular flexibility index (Phi) is 9.48. The van der Waals surface area contributed by atoms with Crippen molar-refractivity contribution in [3.8, 4) is 50.2 Å². The monoisotopic (exact) mass is 943 g/mol. The number of aryl methyl sites for hydroxylation is 1. The van der Waals surface area contributed by atoms with Gasteiger partial charge < -0.3 is 4.57 Å². The molecule has 350 valence electrons. The van der Waals surface area contributed by atoms with Crippen LogP contribution in [0.4, 0.5) is 0 Å². The van der Waals surface area contributed by atoms with Crippen molar-refractivity contribution in [2.75, 3.05) is 0 Å². The minimum absolute atomic E-state index is 0.330. The van der Waals surface area contributed by atoms with E-state index >= 15 is 0 Å². The highest BCUT2D eigenvalue weighted by Gasteiger charge is 2.59. The van der Waals surface area contributed by atoms with Crippen molar-refractivity contribution in [1.29, 1.82) is 0 Å². The van der Waals surface area contributed by atoms with Gasteiger partial charge in [0.2, 0.25) is 0 Å². The topological polar surface area (TPSA) is 4.93 Å². The Morgan fingerprint density at radius 3 is 1.53 bits per heavy atom. The number of hydrogen-bond donors (Lipinski definition) is 0. The van der Waals surface area contributed by atoms with Gasteiger partial charge in [-0.15, -0.1) is 0 Å². The van der Waals surface area contributed by atoms with Gasteiger partial charge in [-0.05, 0) is 150 Å². The minimum atomic E-state index is -0.596. The van der Waals surface area contributed by atoms with E-state index in [0.717, 1.165) is 12.8 Å². The summed E-state index contributed by atoms with van der Waals surface area (Å²) in [7, 11) is 0. The van der Waals surface area contributed by atoms with Gasteiger partial charge in [-0.3, -0.25) is 0 Å². The third-order valence-electron chi connectivity index (χ3n) is 17.5. The van der Waals surface area contributed by atoms with Crippen molar-refractivity contribution in [1.82, 2.24) is 4.57 Å². The van der Waals surface area contributed by atoms with Crippen LogP contribution in [0.3, 0.4) is 0 Å². The Labute approximate surface area is 433 Å². The van der Waals surface area contributed by atoms with Gasteiger partial charge in [-0.2, -0.15) is 0 Å². The van der Waals surface area contributed by atoms with E-state index in [1.54, 1.807) is 0 Å². The van der Waals surface area contributed by atoms with Crippen molar-refractivity contribution in [2.24, 2.45) is 0 Å². The van der Waals surface area contributed by atoms with Gasteiger partial charge in [0.15, 0.2) is 0 Å². The third-order valence-corrected chi connectivity index (χ3v) is 17.5. The molecule has 1 heteroatoms. The lowest BCUT2D eigenvalue weighted by atomic mass is 9.52. The van der Waals surface area contributed by atoms with Crippen LogP contribution in [0, 0.1) is 6.92 Å². The first-order valence-corrected chi connectivity index (χ1v) is 26.5. The second kappa shape index (κ2) is 16.4. The molecule has 0 fully saturated rings. The molecule has 0 radical (unpaired) electrons. The quantitative estimate of drug-likeness (QED) is 0.150. The van der Waals surface area contributed by atoms with E-state index in [1.807, 2.05) is 0 Å². The van der Waals surface area contributed by atoms with Crippen LogP contribution in [0.1, 0.15) is 80.5 Å². The fourth-order valence-corrected chi connectivity index (χ4v) is 14.6. The van der Waals surface area contributed by atoms with Gasteiger partial charge in [0.1, 0.15) is 0 Å². The second-order valence-electron chi connectivity index (χ2n) is 20.9. The maximum atomic E-state index is 2.55. The summed E-state index contributed by atoms with van der Waals surface area (Å²) in [4.78, 5) is 0. The number of para-hydroxylation sites is 1. The molecule has 74 heavy (non-hydrogen) atoms. The Balaban J connectivity index is 0.967. The molecule has 1 nitrogen and oxygen atoms in total. The number of benzene rings is 11. The Bertz CT molecular complexity index is 4190. The van der Waals surface area contributed by atoms with Crippen LogP contribution in [-0.4, -0.2) is 4.57 Å². The molecule has 3 aliphatic carbocycles. The summed E-state index contributed by atoms with van der Waals surface area (Å²) in [6, 6.07) is 96.9. The van der Waals surface area contributed by atoms with E-state index in [9.17, 15) is 0 Å². The Hall–Kier alpha value is -8.78. The summed E-state index contributed by atoms with van der Waals surface area (Å²) < 4.78 is 2.55. The molecule has 3 aliphatic rings. The van der Waals surface area contributed by atoms with Crippen LogP contribution >= 0.6 is 0 Å². The molecule has 0 bridgehead atoms.